The predicted octanol–water partition coefficient (Wildman–Crippen LogP) is 1.74. The van der Waals surface area contributed by atoms with Crippen molar-refractivity contribution in [1.82, 2.24) is 0 Å². The van der Waals surface area contributed by atoms with Gasteiger partial charge in [0.15, 0.2) is 0 Å². The number of ether oxygens (including phenoxy) is 4. The first kappa shape index (κ1) is 30.2. The van der Waals surface area contributed by atoms with Crippen LogP contribution in [0.1, 0.15) is 13.8 Å². The molecule has 0 saturated carbocycles. The number of hydrogen-bond donors (Lipinski definition) is 0. The maximum absolute atomic E-state index is 13.8. The number of allylic oxidation sites excluding steroid dienone is 2. The number of ketones is 2. The van der Waals surface area contributed by atoms with E-state index < -0.39 is 73.9 Å². The zero-order valence-corrected chi connectivity index (χ0v) is 23.4. The maximum Gasteiger partial charge on any atom is 0.343 e. The second kappa shape index (κ2) is 11.8. The summed E-state index contributed by atoms with van der Waals surface area (Å²) < 4.78 is 74.3. The van der Waals surface area contributed by atoms with Gasteiger partial charge in [-0.15, -0.1) is 0 Å². The number of sulfone groups is 2. The highest BCUT2D eigenvalue weighted by Gasteiger charge is 2.51. The normalized spacial score (nSPS) is 14.2. The minimum Gasteiger partial charge on any atom is -0.497 e. The fraction of sp³-hybridized carbons (Fsp3) is 0.231. The van der Waals surface area contributed by atoms with Gasteiger partial charge in [-0.25, -0.2) is 26.4 Å². The number of benzene rings is 2. The molecule has 0 aromatic heterocycles. The molecule has 2 aromatic carbocycles. The van der Waals surface area contributed by atoms with Gasteiger partial charge in [-0.3, -0.25) is 9.59 Å². The Morgan fingerprint density at radius 1 is 0.600 bits per heavy atom. The molecule has 3 rings (SSSR count). The molecule has 0 radical (unpaired) electrons. The molecule has 1 aliphatic rings. The van der Waals surface area contributed by atoms with Crippen molar-refractivity contribution in [3.8, 4) is 11.5 Å². The summed E-state index contributed by atoms with van der Waals surface area (Å²) in [4.78, 5) is 49.5. The Morgan fingerprint density at radius 3 is 1.15 bits per heavy atom. The molecular formula is C26H24O12S2. The molecule has 14 heteroatoms. The standard InChI is InChI=1S/C26H24O12S2/c1-5-37-25(29)19-21(27)24(40(33,34)18-13-9-16(36-4)10-14-18)20(26(30)38-6-2)22(28)23(19)39(31,32)17-11-7-15(35-3)8-12-17/h7-14H,5-6H2,1-4H3. The molecule has 0 N–H and O–H groups in total. The van der Waals surface area contributed by atoms with E-state index in [1.165, 1.54) is 52.3 Å². The Bertz CT molecular complexity index is 1520. The monoisotopic (exact) mass is 592 g/mol. The zero-order chi connectivity index (χ0) is 29.8. The van der Waals surface area contributed by atoms with Gasteiger partial charge < -0.3 is 18.9 Å². The van der Waals surface area contributed by atoms with Crippen molar-refractivity contribution in [3.63, 3.8) is 0 Å². The lowest BCUT2D eigenvalue weighted by Crippen LogP contribution is -2.37. The summed E-state index contributed by atoms with van der Waals surface area (Å²) in [7, 11) is -7.35. The molecule has 12 nitrogen and oxygen atoms in total. The van der Waals surface area contributed by atoms with E-state index in [1.54, 1.807) is 0 Å². The van der Waals surface area contributed by atoms with E-state index in [4.69, 9.17) is 18.9 Å². The van der Waals surface area contributed by atoms with E-state index in [-0.39, 0.29) is 24.7 Å². The van der Waals surface area contributed by atoms with E-state index in [9.17, 15) is 36.0 Å². The lowest BCUT2D eigenvalue weighted by Gasteiger charge is -2.22. The third-order valence-electron chi connectivity index (χ3n) is 5.56. The summed E-state index contributed by atoms with van der Waals surface area (Å²) in [5.41, 5.74) is -2.72. The van der Waals surface area contributed by atoms with Gasteiger partial charge in [0, 0.05) is 0 Å². The number of esters is 2. The van der Waals surface area contributed by atoms with Crippen LogP contribution in [0.5, 0.6) is 11.5 Å². The molecule has 0 atom stereocenters. The minimum absolute atomic E-state index is 0.254. The summed E-state index contributed by atoms with van der Waals surface area (Å²) in [5, 5.41) is 0. The van der Waals surface area contributed by atoms with Crippen LogP contribution in [-0.4, -0.2) is 67.8 Å². The van der Waals surface area contributed by atoms with E-state index >= 15 is 0 Å². The molecule has 212 valence electrons. The molecule has 0 amide bonds. The summed E-state index contributed by atoms with van der Waals surface area (Å²) in [6.45, 7) is 1.99. The lowest BCUT2D eigenvalue weighted by atomic mass is 9.96. The van der Waals surface area contributed by atoms with Crippen molar-refractivity contribution in [1.29, 1.82) is 0 Å². The van der Waals surface area contributed by atoms with Gasteiger partial charge >= 0.3 is 11.9 Å². The Labute approximate surface area is 230 Å². The topological polar surface area (TPSA) is 173 Å². The lowest BCUT2D eigenvalue weighted by molar-refractivity contribution is -0.142. The number of rotatable bonds is 10. The first-order chi connectivity index (χ1) is 18.9. The smallest absolute Gasteiger partial charge is 0.343 e. The molecule has 0 spiro atoms. The van der Waals surface area contributed by atoms with Crippen molar-refractivity contribution >= 4 is 43.2 Å². The molecule has 0 fully saturated rings. The number of Topliss-reactive ketones (excluding diaryl/α,β-unsaturated/α-hetero) is 2. The van der Waals surface area contributed by atoms with Gasteiger partial charge in [-0.2, -0.15) is 0 Å². The second-order valence-corrected chi connectivity index (χ2v) is 11.6. The first-order valence-electron chi connectivity index (χ1n) is 11.6. The fourth-order valence-electron chi connectivity index (χ4n) is 3.70. The Morgan fingerprint density at radius 2 is 0.900 bits per heavy atom. The molecular weight excluding hydrogens is 568 g/mol. The Kier molecular flexibility index (Phi) is 8.95. The van der Waals surface area contributed by atoms with Crippen molar-refractivity contribution < 1.29 is 55.0 Å². The van der Waals surface area contributed by atoms with Gasteiger partial charge in [0.05, 0.1) is 37.2 Å². The van der Waals surface area contributed by atoms with Gasteiger partial charge in [-0.1, -0.05) is 0 Å². The highest BCUT2D eigenvalue weighted by Crippen LogP contribution is 2.37. The average Bonchev–Trinajstić information content (AvgIpc) is 2.93. The predicted molar refractivity (Wildman–Crippen MR) is 138 cm³/mol. The van der Waals surface area contributed by atoms with E-state index in [1.807, 2.05) is 0 Å². The first-order valence-corrected chi connectivity index (χ1v) is 14.5. The Hall–Kier alpha value is -4.30. The van der Waals surface area contributed by atoms with Crippen LogP contribution in [0, 0.1) is 0 Å². The number of carbonyl (C=O) groups is 4. The molecule has 0 heterocycles. The second-order valence-electron chi connectivity index (χ2n) is 7.87. The molecule has 0 unspecified atom stereocenters. The van der Waals surface area contributed by atoms with Crippen LogP contribution in [0.2, 0.25) is 0 Å². The molecule has 0 aliphatic heterocycles. The van der Waals surface area contributed by atoms with Crippen LogP contribution in [-0.2, 0) is 48.3 Å². The van der Waals surface area contributed by atoms with Crippen molar-refractivity contribution in [2.45, 2.75) is 23.6 Å². The van der Waals surface area contributed by atoms with Crippen LogP contribution in [0.15, 0.2) is 79.3 Å². The van der Waals surface area contributed by atoms with E-state index in [2.05, 4.69) is 0 Å². The summed E-state index contributed by atoms with van der Waals surface area (Å²) in [5.74, 6) is -6.07. The zero-order valence-electron chi connectivity index (χ0n) is 21.7. The molecule has 1 aliphatic carbocycles. The van der Waals surface area contributed by atoms with Crippen LogP contribution in [0.4, 0.5) is 0 Å². The third kappa shape index (κ3) is 5.40. The van der Waals surface area contributed by atoms with Crippen LogP contribution in [0.3, 0.4) is 0 Å². The van der Waals surface area contributed by atoms with Crippen LogP contribution < -0.4 is 9.47 Å². The average molecular weight is 593 g/mol. The van der Waals surface area contributed by atoms with Crippen molar-refractivity contribution in [2.75, 3.05) is 27.4 Å². The third-order valence-corrected chi connectivity index (χ3v) is 9.20. The maximum atomic E-state index is 13.8. The van der Waals surface area contributed by atoms with Crippen LogP contribution >= 0.6 is 0 Å². The number of carbonyl (C=O) groups excluding carboxylic acids is 4. The summed E-state index contributed by atoms with van der Waals surface area (Å²) >= 11 is 0. The SMILES string of the molecule is CCOC(=O)C1=C(S(=O)(=O)c2ccc(OC)cc2)C(=O)C(C(=O)OCC)=C(S(=O)(=O)c2ccc(OC)cc2)C1=O. The minimum atomic E-state index is -5.01. The van der Waals surface area contributed by atoms with Gasteiger partial charge in [0.1, 0.15) is 32.5 Å². The number of methoxy groups -OCH3 is 2. The van der Waals surface area contributed by atoms with E-state index in [0.717, 1.165) is 24.3 Å². The highest BCUT2D eigenvalue weighted by molar-refractivity contribution is 7.97. The summed E-state index contributed by atoms with van der Waals surface area (Å²) in [6.07, 6.45) is 0. The van der Waals surface area contributed by atoms with Gasteiger partial charge in [0.2, 0.25) is 31.2 Å². The molecule has 2 aromatic rings. The highest BCUT2D eigenvalue weighted by atomic mass is 32.2. The quantitative estimate of drug-likeness (QED) is 0.222. The van der Waals surface area contributed by atoms with Gasteiger partial charge in [0.25, 0.3) is 0 Å². The van der Waals surface area contributed by atoms with Crippen molar-refractivity contribution in [3.05, 3.63) is 69.5 Å². The molecule has 0 bridgehead atoms. The fourth-order valence-corrected chi connectivity index (χ4v) is 6.74. The number of hydrogen-bond acceptors (Lipinski definition) is 12. The summed E-state index contributed by atoms with van der Waals surface area (Å²) in [6, 6.07) is 9.14. The molecule has 0 saturated heterocycles. The van der Waals surface area contributed by atoms with Gasteiger partial charge in [-0.05, 0) is 62.4 Å². The largest absolute Gasteiger partial charge is 0.497 e. The van der Waals surface area contributed by atoms with Crippen LogP contribution in [0.25, 0.3) is 0 Å². The molecule has 40 heavy (non-hydrogen) atoms. The Balaban J connectivity index is 2.40. The van der Waals surface area contributed by atoms with E-state index in [0.29, 0.717) is 0 Å². The van der Waals surface area contributed by atoms with Crippen molar-refractivity contribution in [2.24, 2.45) is 0 Å².